The van der Waals surface area contributed by atoms with Gasteiger partial charge in [-0.3, -0.25) is 0 Å². The monoisotopic (exact) mass is 304 g/mol. The lowest BCUT2D eigenvalue weighted by Gasteiger charge is -2.69. The molecular weight excluding hydrogens is 268 g/mol. The molecule has 1 heteroatoms. The quantitative estimate of drug-likeness (QED) is 0.571. The van der Waals surface area contributed by atoms with E-state index in [2.05, 4.69) is 34.6 Å². The van der Waals surface area contributed by atoms with Gasteiger partial charge in [-0.1, -0.05) is 47.5 Å². The van der Waals surface area contributed by atoms with Crippen LogP contribution < -0.4 is 0 Å². The van der Waals surface area contributed by atoms with Crippen LogP contribution in [0.15, 0.2) is 0 Å². The Bertz CT molecular complexity index is 441. The summed E-state index contributed by atoms with van der Waals surface area (Å²) in [6, 6.07) is 0. The molecule has 0 radical (unpaired) electrons. The summed E-state index contributed by atoms with van der Waals surface area (Å²) in [5.41, 5.74) is 1.01. The van der Waals surface area contributed by atoms with E-state index in [0.29, 0.717) is 16.9 Å². The molecule has 0 aromatic heterocycles. The van der Waals surface area contributed by atoms with Gasteiger partial charge in [0.25, 0.3) is 0 Å². The van der Waals surface area contributed by atoms with E-state index in [1.165, 1.54) is 38.5 Å². The van der Waals surface area contributed by atoms with Crippen LogP contribution in [0.25, 0.3) is 0 Å². The van der Waals surface area contributed by atoms with Crippen molar-refractivity contribution >= 4 is 0 Å². The number of fused-ring (bicyclic) bond motifs is 2. The Morgan fingerprint density at radius 1 is 0.773 bits per heavy atom. The number of hydrogen-bond acceptors (Lipinski definition) is 1. The largest absolute Gasteiger partial charge is 0.378 e. The SMILES string of the molecule is CC1CC[C@@H](C)[C@@H]2C[C@H]3OCC[C@H]4[C@@H](C)CC[C@H]([C@@]12C)[C@@]34C. The molecule has 1 heterocycles. The fourth-order valence-corrected chi connectivity index (χ4v) is 8.01. The topological polar surface area (TPSA) is 9.23 Å². The summed E-state index contributed by atoms with van der Waals surface area (Å²) in [5.74, 6) is 5.40. The normalized spacial score (nSPS) is 61.2. The van der Waals surface area contributed by atoms with Crippen LogP contribution in [0.2, 0.25) is 0 Å². The van der Waals surface area contributed by atoms with Crippen LogP contribution >= 0.6 is 0 Å². The first kappa shape index (κ1) is 15.5. The van der Waals surface area contributed by atoms with Crippen molar-refractivity contribution in [1.82, 2.24) is 0 Å². The van der Waals surface area contributed by atoms with Gasteiger partial charge in [0.15, 0.2) is 0 Å². The van der Waals surface area contributed by atoms with Gasteiger partial charge in [0.05, 0.1) is 6.10 Å². The second kappa shape index (κ2) is 4.98. The number of hydrogen-bond donors (Lipinski definition) is 0. The van der Waals surface area contributed by atoms with Crippen molar-refractivity contribution in [3.05, 3.63) is 0 Å². The summed E-state index contributed by atoms with van der Waals surface area (Å²) in [5, 5.41) is 0. The minimum absolute atomic E-state index is 0.451. The van der Waals surface area contributed by atoms with Gasteiger partial charge in [-0.05, 0) is 66.6 Å². The molecule has 0 spiro atoms. The predicted molar refractivity (Wildman–Crippen MR) is 91.6 cm³/mol. The predicted octanol–water partition coefficient (Wildman–Crippen LogP) is 5.54. The van der Waals surface area contributed by atoms with Crippen LogP contribution in [0.5, 0.6) is 0 Å². The van der Waals surface area contributed by atoms with Gasteiger partial charge >= 0.3 is 0 Å². The van der Waals surface area contributed by atoms with Crippen LogP contribution in [0.4, 0.5) is 0 Å². The zero-order valence-electron chi connectivity index (χ0n) is 15.4. The molecule has 4 rings (SSSR count). The van der Waals surface area contributed by atoms with E-state index >= 15 is 0 Å². The Balaban J connectivity index is 1.80. The maximum absolute atomic E-state index is 6.45. The van der Waals surface area contributed by atoms with E-state index in [1.54, 1.807) is 0 Å². The summed E-state index contributed by atoms with van der Waals surface area (Å²) in [6.45, 7) is 14.0. The zero-order chi connectivity index (χ0) is 15.7. The van der Waals surface area contributed by atoms with Gasteiger partial charge in [0, 0.05) is 12.0 Å². The van der Waals surface area contributed by atoms with Gasteiger partial charge in [-0.15, -0.1) is 0 Å². The Morgan fingerprint density at radius 3 is 2.23 bits per heavy atom. The fourth-order valence-electron chi connectivity index (χ4n) is 8.01. The third-order valence-electron chi connectivity index (χ3n) is 9.41. The van der Waals surface area contributed by atoms with E-state index < -0.39 is 0 Å². The summed E-state index contributed by atoms with van der Waals surface area (Å²) in [6.07, 6.45) is 9.01. The van der Waals surface area contributed by atoms with E-state index in [1.807, 2.05) is 0 Å². The van der Waals surface area contributed by atoms with Crippen LogP contribution in [-0.2, 0) is 4.74 Å². The van der Waals surface area contributed by atoms with Gasteiger partial charge in [0.1, 0.15) is 0 Å². The van der Waals surface area contributed by atoms with Crippen LogP contribution in [0.3, 0.4) is 0 Å². The number of ether oxygens (including phenoxy) is 1. The standard InChI is InChI=1S/C21H36O/c1-13-7-9-18-20(4)15(3)8-6-14(2)17(20)12-19-21(18,5)16(13)10-11-22-19/h13-19H,6-12H2,1-5H3/t13-,14+,15?,16-,17-,18+,19+,20-,21-/m0/s1. The van der Waals surface area contributed by atoms with Crippen molar-refractivity contribution in [2.24, 2.45) is 46.3 Å². The Morgan fingerprint density at radius 2 is 1.45 bits per heavy atom. The van der Waals surface area contributed by atoms with Crippen LogP contribution in [0.1, 0.15) is 73.1 Å². The molecule has 1 nitrogen and oxygen atoms in total. The highest BCUT2D eigenvalue weighted by Gasteiger charge is 2.66. The molecule has 4 fully saturated rings. The van der Waals surface area contributed by atoms with E-state index in [9.17, 15) is 0 Å². The average molecular weight is 305 g/mol. The van der Waals surface area contributed by atoms with Crippen molar-refractivity contribution in [2.75, 3.05) is 6.61 Å². The molecule has 1 aliphatic heterocycles. The summed E-state index contributed by atoms with van der Waals surface area (Å²) in [7, 11) is 0. The van der Waals surface area contributed by atoms with Gasteiger partial charge in [0.2, 0.25) is 0 Å². The molecule has 0 bridgehead atoms. The Labute approximate surface area is 137 Å². The van der Waals surface area contributed by atoms with Crippen molar-refractivity contribution < 1.29 is 4.74 Å². The third-order valence-corrected chi connectivity index (χ3v) is 9.41. The molecule has 9 atom stereocenters. The first-order chi connectivity index (χ1) is 10.4. The lowest BCUT2D eigenvalue weighted by molar-refractivity contribution is -0.261. The van der Waals surface area contributed by atoms with Crippen LogP contribution in [-0.4, -0.2) is 12.7 Å². The molecule has 22 heavy (non-hydrogen) atoms. The number of rotatable bonds is 0. The highest BCUT2D eigenvalue weighted by molar-refractivity contribution is 5.14. The maximum atomic E-state index is 6.45. The lowest BCUT2D eigenvalue weighted by Crippen LogP contribution is -2.66. The van der Waals surface area contributed by atoms with Crippen molar-refractivity contribution in [2.45, 2.75) is 79.2 Å². The molecular formula is C21H36O. The molecule has 0 amide bonds. The summed E-state index contributed by atoms with van der Waals surface area (Å²) in [4.78, 5) is 0. The molecule has 3 saturated carbocycles. The van der Waals surface area contributed by atoms with E-state index in [4.69, 9.17) is 4.74 Å². The molecule has 0 N–H and O–H groups in total. The van der Waals surface area contributed by atoms with E-state index in [-0.39, 0.29) is 0 Å². The molecule has 3 aliphatic carbocycles. The van der Waals surface area contributed by atoms with E-state index in [0.717, 1.165) is 42.1 Å². The van der Waals surface area contributed by atoms with Gasteiger partial charge < -0.3 is 4.74 Å². The highest BCUT2D eigenvalue weighted by Crippen LogP contribution is 2.70. The first-order valence-corrected chi connectivity index (χ1v) is 10.0. The minimum atomic E-state index is 0.451. The second-order valence-corrected chi connectivity index (χ2v) is 9.89. The fraction of sp³-hybridized carbons (Fsp3) is 1.00. The zero-order valence-corrected chi connectivity index (χ0v) is 15.4. The Kier molecular flexibility index (Phi) is 3.50. The molecule has 0 aromatic rings. The smallest absolute Gasteiger partial charge is 0.0637 e. The third kappa shape index (κ3) is 1.75. The van der Waals surface area contributed by atoms with Gasteiger partial charge in [-0.25, -0.2) is 0 Å². The van der Waals surface area contributed by atoms with Crippen molar-refractivity contribution in [3.8, 4) is 0 Å². The molecule has 1 saturated heterocycles. The van der Waals surface area contributed by atoms with Crippen molar-refractivity contribution in [3.63, 3.8) is 0 Å². The lowest BCUT2D eigenvalue weighted by atomic mass is 9.37. The van der Waals surface area contributed by atoms with Crippen molar-refractivity contribution in [1.29, 1.82) is 0 Å². The summed E-state index contributed by atoms with van der Waals surface area (Å²) >= 11 is 0. The van der Waals surface area contributed by atoms with Gasteiger partial charge in [-0.2, -0.15) is 0 Å². The molecule has 1 unspecified atom stereocenters. The minimum Gasteiger partial charge on any atom is -0.378 e. The second-order valence-electron chi connectivity index (χ2n) is 9.89. The average Bonchev–Trinajstić information content (AvgIpc) is 2.48. The first-order valence-electron chi connectivity index (χ1n) is 10.0. The Hall–Kier alpha value is -0.0400. The summed E-state index contributed by atoms with van der Waals surface area (Å²) < 4.78 is 6.45. The maximum Gasteiger partial charge on any atom is 0.0637 e. The van der Waals surface area contributed by atoms with Crippen LogP contribution in [0, 0.1) is 46.3 Å². The molecule has 0 aromatic carbocycles. The molecule has 4 aliphatic rings. The highest BCUT2D eigenvalue weighted by atomic mass is 16.5. The molecule has 126 valence electrons.